The smallest absolute Gasteiger partial charge is 0.122 e. The first kappa shape index (κ1) is 11.9. The topological polar surface area (TPSA) is 41.8 Å². The first-order valence-corrected chi connectivity index (χ1v) is 6.27. The van der Waals surface area contributed by atoms with Crippen molar-refractivity contribution in [2.45, 2.75) is 18.4 Å². The molecule has 86 valence electrons. The second-order valence-corrected chi connectivity index (χ2v) is 4.58. The third-order valence-electron chi connectivity index (χ3n) is 2.49. The van der Waals surface area contributed by atoms with Gasteiger partial charge in [-0.1, -0.05) is 39.3 Å². The van der Waals surface area contributed by atoms with E-state index in [0.717, 1.165) is 15.6 Å². The first-order valence-electron chi connectivity index (χ1n) is 4.94. The molecule has 0 spiro atoms. The molecule has 0 fully saturated rings. The number of oxime groups is 1. The van der Waals surface area contributed by atoms with Gasteiger partial charge < -0.3 is 9.94 Å². The van der Waals surface area contributed by atoms with Crippen LogP contribution in [0.1, 0.15) is 23.7 Å². The number of aliphatic hydroxyl groups is 1. The Morgan fingerprint density at radius 2 is 2.38 bits per heavy atom. The van der Waals surface area contributed by atoms with E-state index < -0.39 is 6.10 Å². The summed E-state index contributed by atoms with van der Waals surface area (Å²) in [7, 11) is 0. The Labute approximate surface area is 107 Å². The van der Waals surface area contributed by atoms with E-state index in [9.17, 15) is 5.11 Å². The van der Waals surface area contributed by atoms with Crippen LogP contribution in [-0.2, 0) is 10.7 Å². The van der Waals surface area contributed by atoms with Crippen LogP contribution in [0.5, 0.6) is 0 Å². The molecule has 1 aliphatic rings. The van der Waals surface area contributed by atoms with E-state index in [2.05, 4.69) is 21.1 Å². The Hall–Kier alpha value is -0.580. The van der Waals surface area contributed by atoms with Gasteiger partial charge in [-0.25, -0.2) is 0 Å². The minimum Gasteiger partial charge on any atom is -0.395 e. The summed E-state index contributed by atoms with van der Waals surface area (Å²) in [5.41, 5.74) is 2.40. The van der Waals surface area contributed by atoms with Crippen molar-refractivity contribution in [3.8, 4) is 0 Å². The van der Waals surface area contributed by atoms with Gasteiger partial charge in [0.25, 0.3) is 0 Å². The molecule has 3 nitrogen and oxygen atoms in total. The molecule has 0 bridgehead atoms. The molecule has 1 aromatic carbocycles. The lowest BCUT2D eigenvalue weighted by Crippen LogP contribution is -2.11. The van der Waals surface area contributed by atoms with Crippen LogP contribution in [0.2, 0.25) is 0 Å². The maximum absolute atomic E-state index is 10.1. The van der Waals surface area contributed by atoms with Gasteiger partial charge in [-0.05, 0) is 5.56 Å². The first-order chi connectivity index (χ1) is 7.74. The van der Waals surface area contributed by atoms with E-state index in [-0.39, 0.29) is 0 Å². The summed E-state index contributed by atoms with van der Waals surface area (Å²) in [6.45, 7) is 0.541. The molecule has 16 heavy (non-hydrogen) atoms. The summed E-state index contributed by atoms with van der Waals surface area (Å²) in [6.07, 6.45) is -0.0568. The molecule has 0 radical (unpaired) electrons. The molecular formula is C11H11BrClNO2. The van der Waals surface area contributed by atoms with E-state index in [0.29, 0.717) is 24.6 Å². The van der Waals surface area contributed by atoms with Gasteiger partial charge in [-0.3, -0.25) is 0 Å². The third-order valence-corrected chi connectivity index (χ3v) is 3.75. The molecule has 0 saturated carbocycles. The van der Waals surface area contributed by atoms with Crippen LogP contribution in [-0.4, -0.2) is 17.4 Å². The van der Waals surface area contributed by atoms with Crippen LogP contribution < -0.4 is 0 Å². The van der Waals surface area contributed by atoms with Gasteiger partial charge in [-0.15, -0.1) is 11.6 Å². The molecule has 1 aliphatic heterocycles. The second kappa shape index (κ2) is 5.17. The highest BCUT2D eigenvalue weighted by Crippen LogP contribution is 2.30. The second-order valence-electron chi connectivity index (χ2n) is 3.52. The van der Waals surface area contributed by atoms with Gasteiger partial charge in [-0.2, -0.15) is 0 Å². The van der Waals surface area contributed by atoms with E-state index in [1.165, 1.54) is 0 Å². The number of benzene rings is 1. The lowest BCUT2D eigenvalue weighted by molar-refractivity contribution is 0.172. The monoisotopic (exact) mass is 303 g/mol. The number of nitrogens with zero attached hydrogens (tertiary/aromatic N) is 1. The number of halogens is 2. The highest BCUT2D eigenvalue weighted by atomic mass is 79.9. The predicted octanol–water partition coefficient (Wildman–Crippen LogP) is 3.00. The van der Waals surface area contributed by atoms with Crippen molar-refractivity contribution >= 4 is 33.2 Å². The van der Waals surface area contributed by atoms with Crippen LogP contribution in [0.4, 0.5) is 0 Å². The Bertz CT molecular complexity index is 422. The fourth-order valence-corrected chi connectivity index (χ4v) is 2.61. The third kappa shape index (κ3) is 2.24. The van der Waals surface area contributed by atoms with Gasteiger partial charge in [0.05, 0.1) is 5.71 Å². The number of rotatable bonds is 3. The Kier molecular flexibility index (Phi) is 3.84. The zero-order valence-electron chi connectivity index (χ0n) is 8.49. The predicted molar refractivity (Wildman–Crippen MR) is 66.7 cm³/mol. The molecule has 1 heterocycles. The number of hydrogen-bond donors (Lipinski definition) is 1. The summed E-state index contributed by atoms with van der Waals surface area (Å²) in [4.78, 5) is 4.88. The van der Waals surface area contributed by atoms with Crippen LogP contribution in [0.25, 0.3) is 0 Å². The standard InChI is InChI=1S/C11H11BrClNO2/c12-10-7(6-13)2-1-3-8(10)11(15)9-4-5-16-14-9/h1-3,11,15H,4-6H2. The average Bonchev–Trinajstić information content (AvgIpc) is 2.82. The molecule has 0 saturated heterocycles. The molecule has 5 heteroatoms. The van der Waals surface area contributed by atoms with Crippen LogP contribution in [0.15, 0.2) is 27.8 Å². The highest BCUT2D eigenvalue weighted by molar-refractivity contribution is 9.10. The molecule has 1 N–H and O–H groups in total. The highest BCUT2D eigenvalue weighted by Gasteiger charge is 2.22. The van der Waals surface area contributed by atoms with Crippen molar-refractivity contribution in [1.29, 1.82) is 0 Å². The molecule has 0 amide bonds. The maximum atomic E-state index is 10.1. The zero-order chi connectivity index (χ0) is 11.5. The normalized spacial score (nSPS) is 16.8. The summed E-state index contributed by atoms with van der Waals surface area (Å²) >= 11 is 9.25. The molecule has 0 aliphatic carbocycles. The van der Waals surface area contributed by atoms with Gasteiger partial charge in [0.2, 0.25) is 0 Å². The zero-order valence-corrected chi connectivity index (χ0v) is 10.8. The van der Waals surface area contributed by atoms with Crippen molar-refractivity contribution in [3.05, 3.63) is 33.8 Å². The Balaban J connectivity index is 2.32. The maximum Gasteiger partial charge on any atom is 0.122 e. The molecule has 2 rings (SSSR count). The number of alkyl halides is 1. The van der Waals surface area contributed by atoms with E-state index >= 15 is 0 Å². The molecule has 1 unspecified atom stereocenters. The van der Waals surface area contributed by atoms with Gasteiger partial charge in [0.15, 0.2) is 0 Å². The quantitative estimate of drug-likeness (QED) is 0.872. The van der Waals surface area contributed by atoms with Gasteiger partial charge in [0.1, 0.15) is 12.7 Å². The van der Waals surface area contributed by atoms with Gasteiger partial charge in [0, 0.05) is 22.3 Å². The SMILES string of the molecule is OC(C1=NOCC1)c1cccc(CCl)c1Br. The Morgan fingerprint density at radius 1 is 1.56 bits per heavy atom. The largest absolute Gasteiger partial charge is 0.395 e. The lowest BCUT2D eigenvalue weighted by atomic mass is 10.0. The van der Waals surface area contributed by atoms with Crippen molar-refractivity contribution in [2.75, 3.05) is 6.61 Å². The summed E-state index contributed by atoms with van der Waals surface area (Å²) in [5.74, 6) is 0.407. The summed E-state index contributed by atoms with van der Waals surface area (Å²) < 4.78 is 0.840. The number of hydrogen-bond acceptors (Lipinski definition) is 3. The Morgan fingerprint density at radius 3 is 3.00 bits per heavy atom. The minimum atomic E-state index is -0.722. The van der Waals surface area contributed by atoms with Crippen molar-refractivity contribution in [2.24, 2.45) is 5.16 Å². The molecule has 1 atom stereocenters. The average molecular weight is 305 g/mol. The fourth-order valence-electron chi connectivity index (χ4n) is 1.60. The van der Waals surface area contributed by atoms with E-state index in [1.807, 2.05) is 18.2 Å². The van der Waals surface area contributed by atoms with Gasteiger partial charge >= 0.3 is 0 Å². The van der Waals surface area contributed by atoms with E-state index in [1.54, 1.807) is 0 Å². The molecule has 1 aromatic rings. The lowest BCUT2D eigenvalue weighted by Gasteiger charge is -2.13. The summed E-state index contributed by atoms with van der Waals surface area (Å²) in [6, 6.07) is 5.64. The number of aliphatic hydroxyl groups excluding tert-OH is 1. The van der Waals surface area contributed by atoms with Crippen LogP contribution in [0, 0.1) is 0 Å². The van der Waals surface area contributed by atoms with Crippen molar-refractivity contribution in [1.82, 2.24) is 0 Å². The summed E-state index contributed by atoms with van der Waals surface area (Å²) in [5, 5.41) is 14.0. The van der Waals surface area contributed by atoms with Crippen molar-refractivity contribution in [3.63, 3.8) is 0 Å². The van der Waals surface area contributed by atoms with Crippen LogP contribution >= 0.6 is 27.5 Å². The van der Waals surface area contributed by atoms with E-state index in [4.69, 9.17) is 16.4 Å². The van der Waals surface area contributed by atoms with Crippen molar-refractivity contribution < 1.29 is 9.94 Å². The minimum absolute atomic E-state index is 0.407. The molecule has 0 aromatic heterocycles. The van der Waals surface area contributed by atoms with Crippen LogP contribution in [0.3, 0.4) is 0 Å². The fraction of sp³-hybridized carbons (Fsp3) is 0.364. The molecular weight excluding hydrogens is 293 g/mol.